The van der Waals surface area contributed by atoms with Crippen LogP contribution in [0.2, 0.25) is 0 Å². The third kappa shape index (κ3) is 1.34. The zero-order valence-corrected chi connectivity index (χ0v) is 6.65. The molecule has 0 aliphatic carbocycles. The van der Waals surface area contributed by atoms with E-state index in [0.717, 1.165) is 0 Å². The first-order valence-electron chi connectivity index (χ1n) is 3.49. The summed E-state index contributed by atoms with van der Waals surface area (Å²) in [5, 5.41) is 24.4. The average molecular weight is 172 g/mol. The van der Waals surface area contributed by atoms with Gasteiger partial charge in [0, 0.05) is 0 Å². The molecule has 1 heterocycles. The van der Waals surface area contributed by atoms with Crippen molar-refractivity contribution in [3.8, 4) is 0 Å². The van der Waals surface area contributed by atoms with Gasteiger partial charge in [-0.25, -0.2) is 0 Å². The Hall–Kier alpha value is -1.27. The minimum Gasteiger partial charge on any atom is -0.394 e. The predicted molar refractivity (Wildman–Crippen MR) is 44.1 cm³/mol. The molecule has 0 saturated heterocycles. The first-order chi connectivity index (χ1) is 5.54. The number of H-pyrrole nitrogens is 1. The van der Waals surface area contributed by atoms with Gasteiger partial charge >= 0.3 is 0 Å². The Morgan fingerprint density at radius 3 is 2.33 bits per heavy atom. The summed E-state index contributed by atoms with van der Waals surface area (Å²) in [6.07, 6.45) is -2.02. The highest BCUT2D eigenvalue weighted by atomic mass is 16.3. The lowest BCUT2D eigenvalue weighted by Gasteiger charge is -2.10. The molecule has 1 rings (SSSR count). The topological polar surface area (TPSA) is 121 Å². The van der Waals surface area contributed by atoms with Crippen molar-refractivity contribution in [3.63, 3.8) is 0 Å². The van der Waals surface area contributed by atoms with Gasteiger partial charge in [-0.2, -0.15) is 5.10 Å². The molecule has 0 spiro atoms. The Kier molecular flexibility index (Phi) is 2.20. The second-order valence-electron chi connectivity index (χ2n) is 2.62. The molecule has 0 aliphatic rings. The van der Waals surface area contributed by atoms with Crippen LogP contribution in [-0.4, -0.2) is 26.5 Å². The predicted octanol–water partition coefficient (Wildman–Crippen LogP) is -1.01. The number of hydrogen-bond donors (Lipinski definition) is 5. The first-order valence-corrected chi connectivity index (χ1v) is 3.49. The van der Waals surface area contributed by atoms with Gasteiger partial charge in [0.25, 0.3) is 0 Å². The van der Waals surface area contributed by atoms with E-state index in [1.807, 2.05) is 0 Å². The molecule has 0 amide bonds. The summed E-state index contributed by atoms with van der Waals surface area (Å²) in [5.74, 6) is 0.199. The number of aromatic nitrogens is 2. The van der Waals surface area contributed by atoms with Crippen molar-refractivity contribution in [3.05, 3.63) is 5.69 Å². The summed E-state index contributed by atoms with van der Waals surface area (Å²) >= 11 is 0. The summed E-state index contributed by atoms with van der Waals surface area (Å²) in [7, 11) is 0. The molecule has 0 saturated carbocycles. The fraction of sp³-hybridized carbons (Fsp3) is 0.500. The van der Waals surface area contributed by atoms with E-state index in [0.29, 0.717) is 0 Å². The minimum atomic E-state index is -1.10. The molecule has 2 unspecified atom stereocenters. The third-order valence-corrected chi connectivity index (χ3v) is 1.60. The molecular weight excluding hydrogens is 160 g/mol. The van der Waals surface area contributed by atoms with Gasteiger partial charge < -0.3 is 21.7 Å². The van der Waals surface area contributed by atoms with Crippen LogP contribution in [0.3, 0.4) is 0 Å². The van der Waals surface area contributed by atoms with E-state index in [4.69, 9.17) is 16.6 Å². The monoisotopic (exact) mass is 172 g/mol. The van der Waals surface area contributed by atoms with E-state index in [2.05, 4.69) is 10.2 Å². The number of aromatic amines is 1. The molecule has 0 fully saturated rings. The Balaban J connectivity index is 2.95. The highest BCUT2D eigenvalue weighted by Crippen LogP contribution is 2.24. The van der Waals surface area contributed by atoms with Crippen molar-refractivity contribution in [2.75, 3.05) is 11.5 Å². The quantitative estimate of drug-likeness (QED) is 0.391. The molecule has 7 N–H and O–H groups in total. The van der Waals surface area contributed by atoms with Crippen LogP contribution >= 0.6 is 0 Å². The molecule has 0 aromatic carbocycles. The smallest absolute Gasteiger partial charge is 0.142 e. The molecule has 6 nitrogen and oxygen atoms in total. The summed E-state index contributed by atoms with van der Waals surface area (Å²) in [4.78, 5) is 0. The molecule has 1 aromatic rings. The normalized spacial score (nSPS) is 15.9. The third-order valence-electron chi connectivity index (χ3n) is 1.60. The second-order valence-corrected chi connectivity index (χ2v) is 2.62. The summed E-state index contributed by atoms with van der Waals surface area (Å²) < 4.78 is 0. The molecule has 1 aromatic heterocycles. The van der Waals surface area contributed by atoms with Crippen LogP contribution in [0, 0.1) is 0 Å². The number of anilines is 2. The number of rotatable bonds is 2. The largest absolute Gasteiger partial charge is 0.394 e. The molecule has 2 atom stereocenters. The van der Waals surface area contributed by atoms with Crippen molar-refractivity contribution in [2.45, 2.75) is 19.1 Å². The van der Waals surface area contributed by atoms with Crippen LogP contribution in [-0.2, 0) is 0 Å². The molecule has 0 bridgehead atoms. The van der Waals surface area contributed by atoms with E-state index >= 15 is 0 Å². The van der Waals surface area contributed by atoms with Gasteiger partial charge in [0.15, 0.2) is 0 Å². The van der Waals surface area contributed by atoms with Gasteiger partial charge in [-0.15, -0.1) is 0 Å². The molecule has 68 valence electrons. The Labute approximate surface area is 69.2 Å². The Bertz CT molecular complexity index is 271. The SMILES string of the molecule is CC(O)C(O)c1n[nH]c(N)c1N. The minimum absolute atomic E-state index is 0.183. The van der Waals surface area contributed by atoms with E-state index in [-0.39, 0.29) is 17.2 Å². The number of nitrogen functional groups attached to an aromatic ring is 2. The fourth-order valence-electron chi connectivity index (χ4n) is 0.833. The fourth-order valence-corrected chi connectivity index (χ4v) is 0.833. The zero-order chi connectivity index (χ0) is 9.30. The average Bonchev–Trinajstić information content (AvgIpc) is 2.32. The molecule has 12 heavy (non-hydrogen) atoms. The van der Waals surface area contributed by atoms with E-state index in [1.54, 1.807) is 0 Å². The molecular formula is C6H12N4O2. The maximum Gasteiger partial charge on any atom is 0.142 e. The van der Waals surface area contributed by atoms with Crippen molar-refractivity contribution >= 4 is 11.5 Å². The maximum atomic E-state index is 9.32. The first kappa shape index (κ1) is 8.82. The van der Waals surface area contributed by atoms with Crippen molar-refractivity contribution < 1.29 is 10.2 Å². The lowest BCUT2D eigenvalue weighted by Crippen LogP contribution is -2.15. The van der Waals surface area contributed by atoms with Crippen molar-refractivity contribution in [1.82, 2.24) is 10.2 Å². The zero-order valence-electron chi connectivity index (χ0n) is 6.65. The number of hydrogen-bond acceptors (Lipinski definition) is 5. The van der Waals surface area contributed by atoms with Crippen LogP contribution in [0.4, 0.5) is 11.5 Å². The van der Waals surface area contributed by atoms with Crippen LogP contribution in [0.15, 0.2) is 0 Å². The lowest BCUT2D eigenvalue weighted by atomic mass is 10.1. The van der Waals surface area contributed by atoms with Gasteiger partial charge in [0.1, 0.15) is 23.3 Å². The molecule has 0 aliphatic heterocycles. The maximum absolute atomic E-state index is 9.32. The number of nitrogens with zero attached hydrogens (tertiary/aromatic N) is 1. The molecule has 6 heteroatoms. The molecule has 0 radical (unpaired) electrons. The highest BCUT2D eigenvalue weighted by molar-refractivity contribution is 5.61. The van der Waals surface area contributed by atoms with Gasteiger partial charge in [-0.1, -0.05) is 0 Å². The van der Waals surface area contributed by atoms with Gasteiger partial charge in [0.2, 0.25) is 0 Å². The number of nitrogens with one attached hydrogen (secondary N) is 1. The summed E-state index contributed by atoms with van der Waals surface area (Å²) in [6.45, 7) is 1.44. The van der Waals surface area contributed by atoms with E-state index in [1.165, 1.54) is 6.92 Å². The highest BCUT2D eigenvalue weighted by Gasteiger charge is 2.20. The number of nitrogens with two attached hydrogens (primary N) is 2. The summed E-state index contributed by atoms with van der Waals surface area (Å²) in [6, 6.07) is 0. The van der Waals surface area contributed by atoms with Crippen molar-refractivity contribution in [2.24, 2.45) is 0 Å². The summed E-state index contributed by atoms with van der Waals surface area (Å²) in [5.41, 5.74) is 11.2. The number of aliphatic hydroxyl groups excluding tert-OH is 2. The Morgan fingerprint density at radius 1 is 1.42 bits per heavy atom. The number of aliphatic hydroxyl groups is 2. The van der Waals surface area contributed by atoms with E-state index < -0.39 is 12.2 Å². The van der Waals surface area contributed by atoms with Crippen LogP contribution < -0.4 is 11.5 Å². The van der Waals surface area contributed by atoms with E-state index in [9.17, 15) is 5.11 Å². The van der Waals surface area contributed by atoms with Crippen LogP contribution in [0.5, 0.6) is 0 Å². The lowest BCUT2D eigenvalue weighted by molar-refractivity contribution is 0.0282. The van der Waals surface area contributed by atoms with Crippen LogP contribution in [0.1, 0.15) is 18.7 Å². The van der Waals surface area contributed by atoms with Gasteiger partial charge in [-0.05, 0) is 6.92 Å². The van der Waals surface area contributed by atoms with Gasteiger partial charge in [0.05, 0.1) is 6.10 Å². The Morgan fingerprint density at radius 2 is 2.00 bits per heavy atom. The second kappa shape index (κ2) is 3.00. The van der Waals surface area contributed by atoms with Crippen LogP contribution in [0.25, 0.3) is 0 Å². The van der Waals surface area contributed by atoms with Gasteiger partial charge in [-0.3, -0.25) is 5.10 Å². The standard InChI is InChI=1S/C6H12N4O2/c1-2(11)5(12)4-3(7)6(8)10-9-4/h2,5,11-12H,7H2,1H3,(H3,8,9,10). The van der Waals surface area contributed by atoms with Crippen molar-refractivity contribution in [1.29, 1.82) is 0 Å².